The van der Waals surface area contributed by atoms with E-state index in [1.54, 1.807) is 28.9 Å². The average molecular weight is 532 g/mol. The molecule has 37 heavy (non-hydrogen) atoms. The molecule has 1 aliphatic rings. The number of urea groups is 1. The lowest BCUT2D eigenvalue weighted by atomic mass is 10.1. The molecule has 10 nitrogen and oxygen atoms in total. The first-order chi connectivity index (χ1) is 17.7. The lowest BCUT2D eigenvalue weighted by molar-refractivity contribution is -0.142. The van der Waals surface area contributed by atoms with E-state index >= 15 is 0 Å². The minimum atomic E-state index is -0.524. The number of nitrogens with one attached hydrogen (secondary N) is 1. The molecule has 0 aromatic heterocycles. The highest BCUT2D eigenvalue weighted by molar-refractivity contribution is 6.34. The molecule has 0 aliphatic carbocycles. The summed E-state index contributed by atoms with van der Waals surface area (Å²) >= 11 is 6.46. The van der Waals surface area contributed by atoms with Crippen molar-refractivity contribution in [1.29, 1.82) is 0 Å². The van der Waals surface area contributed by atoms with Crippen LogP contribution in [-0.4, -0.2) is 67.7 Å². The number of para-hydroxylation sites is 1. The fourth-order valence-corrected chi connectivity index (χ4v) is 4.13. The second kappa shape index (κ2) is 13.0. The van der Waals surface area contributed by atoms with Crippen molar-refractivity contribution in [2.24, 2.45) is 0 Å². The summed E-state index contributed by atoms with van der Waals surface area (Å²) in [4.78, 5) is 52.3. The van der Waals surface area contributed by atoms with Crippen LogP contribution in [-0.2, 0) is 25.6 Å². The topological polar surface area (TPSA) is 114 Å². The van der Waals surface area contributed by atoms with Crippen molar-refractivity contribution < 1.29 is 33.4 Å². The standard InChI is InChI=1S/C26H30ClN3O7/c1-4-35-24(32)14-28-26(34)29-16-19-7-5-6-8-23(19)30(15-17(29)2)25(33)21-10-9-20(13-22(21)27)37-12-11-36-18(3)31/h5-10,13,17H,4,11-12,14-16H2,1-3H3,(H,28,34). The molecular formula is C26H30ClN3O7. The SMILES string of the molecule is CCOC(=O)CNC(=O)N1Cc2ccccc2N(C(=O)c2ccc(OCCOC(C)=O)cc2Cl)CC1C. The van der Waals surface area contributed by atoms with E-state index in [0.717, 1.165) is 5.56 Å². The Morgan fingerprint density at radius 2 is 1.84 bits per heavy atom. The van der Waals surface area contributed by atoms with Gasteiger partial charge in [-0.1, -0.05) is 29.8 Å². The summed E-state index contributed by atoms with van der Waals surface area (Å²) in [5, 5.41) is 2.79. The van der Waals surface area contributed by atoms with E-state index in [0.29, 0.717) is 11.4 Å². The van der Waals surface area contributed by atoms with Crippen molar-refractivity contribution in [3.63, 3.8) is 0 Å². The molecule has 1 unspecified atom stereocenters. The molecular weight excluding hydrogens is 502 g/mol. The molecule has 0 saturated carbocycles. The van der Waals surface area contributed by atoms with Crippen molar-refractivity contribution >= 4 is 41.2 Å². The number of amides is 3. The van der Waals surface area contributed by atoms with Gasteiger partial charge in [0.1, 0.15) is 25.5 Å². The monoisotopic (exact) mass is 531 g/mol. The molecule has 198 valence electrons. The van der Waals surface area contributed by atoms with Crippen LogP contribution >= 0.6 is 11.6 Å². The van der Waals surface area contributed by atoms with E-state index in [4.69, 9.17) is 25.8 Å². The smallest absolute Gasteiger partial charge is 0.325 e. The number of benzene rings is 2. The Balaban J connectivity index is 1.77. The maximum absolute atomic E-state index is 13.7. The van der Waals surface area contributed by atoms with Crippen molar-refractivity contribution in [2.45, 2.75) is 33.4 Å². The Morgan fingerprint density at radius 1 is 1.08 bits per heavy atom. The van der Waals surface area contributed by atoms with Gasteiger partial charge in [-0.3, -0.25) is 14.4 Å². The number of rotatable bonds is 8. The number of anilines is 1. The molecule has 0 saturated heterocycles. The molecule has 1 heterocycles. The fourth-order valence-electron chi connectivity index (χ4n) is 3.88. The minimum absolute atomic E-state index is 0.0972. The van der Waals surface area contributed by atoms with Gasteiger partial charge in [0, 0.05) is 31.7 Å². The summed E-state index contributed by atoms with van der Waals surface area (Å²) in [6.07, 6.45) is 0. The Hall–Kier alpha value is -3.79. The molecule has 2 aromatic carbocycles. The lowest BCUT2D eigenvalue weighted by Gasteiger charge is -2.29. The van der Waals surface area contributed by atoms with E-state index in [-0.39, 0.29) is 62.0 Å². The van der Waals surface area contributed by atoms with Crippen LogP contribution in [0.15, 0.2) is 42.5 Å². The molecule has 0 bridgehead atoms. The predicted molar refractivity (Wildman–Crippen MR) is 137 cm³/mol. The molecule has 1 atom stereocenters. The number of nitrogens with zero attached hydrogens (tertiary/aromatic N) is 2. The zero-order chi connectivity index (χ0) is 26.9. The Bertz CT molecular complexity index is 1160. The van der Waals surface area contributed by atoms with Gasteiger partial charge in [0.25, 0.3) is 5.91 Å². The number of hydrogen-bond donors (Lipinski definition) is 1. The number of hydrogen-bond acceptors (Lipinski definition) is 7. The largest absolute Gasteiger partial charge is 0.490 e. The van der Waals surface area contributed by atoms with E-state index in [2.05, 4.69) is 5.32 Å². The van der Waals surface area contributed by atoms with Crippen LogP contribution in [0.5, 0.6) is 5.75 Å². The van der Waals surface area contributed by atoms with Gasteiger partial charge in [0.15, 0.2) is 0 Å². The first-order valence-corrected chi connectivity index (χ1v) is 12.2. The molecule has 0 radical (unpaired) electrons. The molecule has 1 N–H and O–H groups in total. The van der Waals surface area contributed by atoms with E-state index in [1.165, 1.54) is 13.0 Å². The molecule has 0 fully saturated rings. The van der Waals surface area contributed by atoms with Gasteiger partial charge in [-0.2, -0.15) is 0 Å². The zero-order valence-corrected chi connectivity index (χ0v) is 21.7. The van der Waals surface area contributed by atoms with Gasteiger partial charge in [-0.25, -0.2) is 4.79 Å². The summed E-state index contributed by atoms with van der Waals surface area (Å²) in [6, 6.07) is 11.2. The number of esters is 2. The Kier molecular flexibility index (Phi) is 9.73. The van der Waals surface area contributed by atoms with Crippen molar-refractivity contribution in [3.05, 3.63) is 58.6 Å². The Morgan fingerprint density at radius 3 is 2.54 bits per heavy atom. The minimum Gasteiger partial charge on any atom is -0.490 e. The van der Waals surface area contributed by atoms with Crippen LogP contribution < -0.4 is 15.0 Å². The van der Waals surface area contributed by atoms with Crippen LogP contribution in [0.1, 0.15) is 36.7 Å². The van der Waals surface area contributed by atoms with Gasteiger partial charge in [0.05, 0.1) is 17.2 Å². The maximum atomic E-state index is 13.7. The third-order valence-electron chi connectivity index (χ3n) is 5.63. The first kappa shape index (κ1) is 27.8. The molecule has 2 aromatic rings. The Labute approximate surface area is 220 Å². The van der Waals surface area contributed by atoms with Crippen LogP contribution in [0.4, 0.5) is 10.5 Å². The third-order valence-corrected chi connectivity index (χ3v) is 5.94. The van der Waals surface area contributed by atoms with Gasteiger partial charge in [-0.05, 0) is 43.7 Å². The maximum Gasteiger partial charge on any atom is 0.325 e. The molecule has 3 rings (SSSR count). The number of ether oxygens (including phenoxy) is 3. The van der Waals surface area contributed by atoms with Gasteiger partial charge < -0.3 is 29.3 Å². The average Bonchev–Trinajstić information content (AvgIpc) is 3.01. The van der Waals surface area contributed by atoms with Gasteiger partial charge in [0.2, 0.25) is 0 Å². The normalized spacial score (nSPS) is 14.8. The zero-order valence-electron chi connectivity index (χ0n) is 21.0. The van der Waals surface area contributed by atoms with Gasteiger partial charge in [-0.15, -0.1) is 0 Å². The van der Waals surface area contributed by atoms with E-state index < -0.39 is 18.0 Å². The van der Waals surface area contributed by atoms with Crippen LogP contribution in [0, 0.1) is 0 Å². The molecule has 0 spiro atoms. The number of halogens is 1. The third kappa shape index (κ3) is 7.36. The number of carbonyl (C=O) groups is 4. The second-order valence-corrected chi connectivity index (χ2v) is 8.72. The van der Waals surface area contributed by atoms with Crippen LogP contribution in [0.25, 0.3) is 0 Å². The van der Waals surface area contributed by atoms with Crippen molar-refractivity contribution in [1.82, 2.24) is 10.2 Å². The summed E-state index contributed by atoms with van der Waals surface area (Å²) in [6.45, 7) is 5.52. The highest BCUT2D eigenvalue weighted by atomic mass is 35.5. The predicted octanol–water partition coefficient (Wildman–Crippen LogP) is 3.41. The van der Waals surface area contributed by atoms with Crippen molar-refractivity contribution in [3.8, 4) is 5.75 Å². The van der Waals surface area contributed by atoms with Gasteiger partial charge >= 0.3 is 18.0 Å². The first-order valence-electron chi connectivity index (χ1n) is 11.9. The second-order valence-electron chi connectivity index (χ2n) is 8.32. The van der Waals surface area contributed by atoms with Crippen LogP contribution in [0.2, 0.25) is 5.02 Å². The fraction of sp³-hybridized carbons (Fsp3) is 0.385. The molecule has 1 aliphatic heterocycles. The quantitative estimate of drug-likeness (QED) is 0.410. The number of carbonyl (C=O) groups excluding carboxylic acids is 4. The van der Waals surface area contributed by atoms with E-state index in [1.807, 2.05) is 31.2 Å². The molecule has 3 amide bonds. The highest BCUT2D eigenvalue weighted by Crippen LogP contribution is 2.31. The summed E-state index contributed by atoms with van der Waals surface area (Å²) < 4.78 is 15.3. The summed E-state index contributed by atoms with van der Waals surface area (Å²) in [5.41, 5.74) is 1.71. The number of fused-ring (bicyclic) bond motifs is 1. The van der Waals surface area contributed by atoms with Crippen LogP contribution in [0.3, 0.4) is 0 Å². The lowest BCUT2D eigenvalue weighted by Crippen LogP contribution is -2.49. The summed E-state index contributed by atoms with van der Waals surface area (Å²) in [5.74, 6) is -0.819. The van der Waals surface area contributed by atoms with E-state index in [9.17, 15) is 19.2 Å². The summed E-state index contributed by atoms with van der Waals surface area (Å²) in [7, 11) is 0. The van der Waals surface area contributed by atoms with Crippen molar-refractivity contribution in [2.75, 3.05) is 37.8 Å². The molecule has 11 heteroatoms. The highest BCUT2D eigenvalue weighted by Gasteiger charge is 2.32.